The van der Waals surface area contributed by atoms with Crippen molar-refractivity contribution >= 4 is 5.95 Å². The molecule has 0 aliphatic carbocycles. The van der Waals surface area contributed by atoms with E-state index in [2.05, 4.69) is 21.8 Å². The number of benzene rings is 1. The van der Waals surface area contributed by atoms with Gasteiger partial charge < -0.3 is 4.90 Å². The zero-order valence-corrected chi connectivity index (χ0v) is 10.9. The molecule has 3 rings (SSSR count). The van der Waals surface area contributed by atoms with Crippen LogP contribution in [0.5, 0.6) is 0 Å². The summed E-state index contributed by atoms with van der Waals surface area (Å²) in [6.45, 7) is 3.20. The summed E-state index contributed by atoms with van der Waals surface area (Å²) in [4.78, 5) is 11.2. The van der Waals surface area contributed by atoms with Crippen LogP contribution in [0.3, 0.4) is 0 Å². The Kier molecular flexibility index (Phi) is 3.15. The van der Waals surface area contributed by atoms with E-state index in [1.165, 1.54) is 25.0 Å². The van der Waals surface area contributed by atoms with Gasteiger partial charge >= 0.3 is 0 Å². The molecule has 1 aromatic carbocycles. The first-order chi connectivity index (χ1) is 9.24. The molecule has 2 aromatic rings. The summed E-state index contributed by atoms with van der Waals surface area (Å²) in [6.07, 6.45) is 4.14. The lowest BCUT2D eigenvalue weighted by molar-refractivity contribution is 0.628. The molecule has 1 unspecified atom stereocenters. The second kappa shape index (κ2) is 4.96. The summed E-state index contributed by atoms with van der Waals surface area (Å²) in [6, 6.07) is 8.75. The van der Waals surface area contributed by atoms with Gasteiger partial charge in [-0.25, -0.2) is 14.4 Å². The molecule has 1 saturated heterocycles. The van der Waals surface area contributed by atoms with Gasteiger partial charge in [-0.05, 0) is 50.1 Å². The highest BCUT2D eigenvalue weighted by Gasteiger charge is 2.22. The fourth-order valence-electron chi connectivity index (χ4n) is 2.50. The molecule has 1 aliphatic heterocycles. The van der Waals surface area contributed by atoms with E-state index in [-0.39, 0.29) is 5.82 Å². The molecule has 98 valence electrons. The first-order valence-corrected chi connectivity index (χ1v) is 6.60. The number of hydrogen-bond donors (Lipinski definition) is 0. The lowest BCUT2D eigenvalue weighted by atomic mass is 10.1. The Morgan fingerprint density at radius 3 is 2.68 bits per heavy atom. The Bertz CT molecular complexity index is 568. The number of rotatable bonds is 2. The van der Waals surface area contributed by atoms with E-state index >= 15 is 0 Å². The summed E-state index contributed by atoms with van der Waals surface area (Å²) in [7, 11) is 0. The maximum atomic E-state index is 12.9. The minimum Gasteiger partial charge on any atom is -0.338 e. The van der Waals surface area contributed by atoms with Crippen molar-refractivity contribution in [1.29, 1.82) is 0 Å². The first kappa shape index (κ1) is 12.1. The number of halogens is 1. The number of nitrogens with zero attached hydrogens (tertiary/aromatic N) is 3. The Labute approximate surface area is 112 Å². The fourth-order valence-corrected chi connectivity index (χ4v) is 2.50. The number of anilines is 1. The van der Waals surface area contributed by atoms with Crippen LogP contribution in [0.25, 0.3) is 11.3 Å². The third-order valence-corrected chi connectivity index (χ3v) is 3.59. The highest BCUT2D eigenvalue weighted by molar-refractivity contribution is 5.60. The van der Waals surface area contributed by atoms with E-state index < -0.39 is 0 Å². The quantitative estimate of drug-likeness (QED) is 0.826. The molecule has 1 fully saturated rings. The fraction of sp³-hybridized carbons (Fsp3) is 0.333. The topological polar surface area (TPSA) is 29.0 Å². The highest BCUT2D eigenvalue weighted by Crippen LogP contribution is 2.24. The van der Waals surface area contributed by atoms with E-state index in [4.69, 9.17) is 0 Å². The van der Waals surface area contributed by atoms with E-state index in [1.54, 1.807) is 18.3 Å². The second-order valence-corrected chi connectivity index (χ2v) is 4.93. The van der Waals surface area contributed by atoms with E-state index in [0.717, 1.165) is 23.8 Å². The van der Waals surface area contributed by atoms with Crippen LogP contribution in [0.1, 0.15) is 19.8 Å². The summed E-state index contributed by atoms with van der Waals surface area (Å²) >= 11 is 0. The lowest BCUT2D eigenvalue weighted by Gasteiger charge is -2.21. The predicted molar refractivity (Wildman–Crippen MR) is 73.5 cm³/mol. The number of hydrogen-bond acceptors (Lipinski definition) is 3. The lowest BCUT2D eigenvalue weighted by Crippen LogP contribution is -2.28. The van der Waals surface area contributed by atoms with Gasteiger partial charge in [0.15, 0.2) is 0 Å². The van der Waals surface area contributed by atoms with Gasteiger partial charge in [-0.1, -0.05) is 0 Å². The Balaban J connectivity index is 1.93. The maximum absolute atomic E-state index is 12.9. The molecule has 2 heterocycles. The summed E-state index contributed by atoms with van der Waals surface area (Å²) in [5.41, 5.74) is 1.75. The predicted octanol–water partition coefficient (Wildman–Crippen LogP) is 3.27. The molecule has 1 aromatic heterocycles. The van der Waals surface area contributed by atoms with Crippen LogP contribution < -0.4 is 4.90 Å². The van der Waals surface area contributed by atoms with Crippen molar-refractivity contribution in [2.24, 2.45) is 0 Å². The van der Waals surface area contributed by atoms with Gasteiger partial charge in [-0.2, -0.15) is 0 Å². The standard InChI is InChI=1S/C15H16FN3/c1-11-3-2-10-19(11)15-17-9-8-14(18-15)12-4-6-13(16)7-5-12/h4-9,11H,2-3,10H2,1H3. The molecule has 0 spiro atoms. The van der Waals surface area contributed by atoms with Gasteiger partial charge in [-0.15, -0.1) is 0 Å². The average molecular weight is 257 g/mol. The number of aromatic nitrogens is 2. The van der Waals surface area contributed by atoms with Crippen LogP contribution >= 0.6 is 0 Å². The van der Waals surface area contributed by atoms with E-state index in [0.29, 0.717) is 6.04 Å². The SMILES string of the molecule is CC1CCCN1c1nccc(-c2ccc(F)cc2)n1. The van der Waals surface area contributed by atoms with Gasteiger partial charge in [0.2, 0.25) is 5.95 Å². The van der Waals surface area contributed by atoms with E-state index in [1.807, 2.05) is 6.07 Å². The molecule has 0 saturated carbocycles. The average Bonchev–Trinajstić information content (AvgIpc) is 2.86. The molecular weight excluding hydrogens is 241 g/mol. The Morgan fingerprint density at radius 2 is 2.00 bits per heavy atom. The van der Waals surface area contributed by atoms with Crippen molar-refractivity contribution in [1.82, 2.24) is 9.97 Å². The smallest absolute Gasteiger partial charge is 0.226 e. The zero-order valence-electron chi connectivity index (χ0n) is 10.9. The third kappa shape index (κ3) is 2.43. The molecule has 0 amide bonds. The van der Waals surface area contributed by atoms with Gasteiger partial charge in [0.1, 0.15) is 5.82 Å². The van der Waals surface area contributed by atoms with Crippen molar-refractivity contribution in [2.75, 3.05) is 11.4 Å². The molecule has 0 radical (unpaired) electrons. The van der Waals surface area contributed by atoms with Crippen LogP contribution in [0.15, 0.2) is 36.5 Å². The Hall–Kier alpha value is -1.97. The molecule has 1 aliphatic rings. The van der Waals surface area contributed by atoms with Crippen molar-refractivity contribution in [3.63, 3.8) is 0 Å². The maximum Gasteiger partial charge on any atom is 0.226 e. The van der Waals surface area contributed by atoms with Gasteiger partial charge in [0.05, 0.1) is 5.69 Å². The zero-order chi connectivity index (χ0) is 13.2. The van der Waals surface area contributed by atoms with E-state index in [9.17, 15) is 4.39 Å². The molecular formula is C15H16FN3. The van der Waals surface area contributed by atoms with Gasteiger partial charge in [0.25, 0.3) is 0 Å². The third-order valence-electron chi connectivity index (χ3n) is 3.59. The first-order valence-electron chi connectivity index (χ1n) is 6.60. The van der Waals surface area contributed by atoms with Gasteiger partial charge in [0, 0.05) is 24.3 Å². The van der Waals surface area contributed by atoms with Crippen LogP contribution in [0.2, 0.25) is 0 Å². The molecule has 1 atom stereocenters. The minimum atomic E-state index is -0.230. The molecule has 0 N–H and O–H groups in total. The summed E-state index contributed by atoms with van der Waals surface area (Å²) in [5, 5.41) is 0. The van der Waals surface area contributed by atoms with Crippen LogP contribution in [0, 0.1) is 5.82 Å². The largest absolute Gasteiger partial charge is 0.338 e. The van der Waals surface area contributed by atoms with Crippen molar-refractivity contribution in [2.45, 2.75) is 25.8 Å². The monoisotopic (exact) mass is 257 g/mol. The van der Waals surface area contributed by atoms with Crippen molar-refractivity contribution in [3.05, 3.63) is 42.3 Å². The highest BCUT2D eigenvalue weighted by atomic mass is 19.1. The van der Waals surface area contributed by atoms with Crippen molar-refractivity contribution < 1.29 is 4.39 Å². The van der Waals surface area contributed by atoms with Gasteiger partial charge in [-0.3, -0.25) is 0 Å². The Morgan fingerprint density at radius 1 is 1.21 bits per heavy atom. The normalized spacial score (nSPS) is 18.8. The summed E-state index contributed by atoms with van der Waals surface area (Å²) in [5.74, 6) is 0.540. The summed E-state index contributed by atoms with van der Waals surface area (Å²) < 4.78 is 12.9. The molecule has 3 nitrogen and oxygen atoms in total. The minimum absolute atomic E-state index is 0.230. The molecule has 4 heteroatoms. The second-order valence-electron chi connectivity index (χ2n) is 4.93. The molecule has 0 bridgehead atoms. The van der Waals surface area contributed by atoms with Crippen LogP contribution in [0.4, 0.5) is 10.3 Å². The molecule has 19 heavy (non-hydrogen) atoms. The van der Waals surface area contributed by atoms with Crippen LogP contribution in [-0.4, -0.2) is 22.6 Å². The van der Waals surface area contributed by atoms with Crippen molar-refractivity contribution in [3.8, 4) is 11.3 Å². The van der Waals surface area contributed by atoms with Crippen LogP contribution in [-0.2, 0) is 0 Å².